The number of benzene rings is 2. The molecule has 1 nitrogen and oxygen atoms in total. The number of aromatic nitrogens is 1. The van der Waals surface area contributed by atoms with Crippen molar-refractivity contribution in [1.82, 2.24) is 4.98 Å². The first-order valence-corrected chi connectivity index (χ1v) is 7.63. The Bertz CT molecular complexity index is 706. The Morgan fingerprint density at radius 1 is 0.810 bits per heavy atom. The lowest BCUT2D eigenvalue weighted by molar-refractivity contribution is 1.32. The molecular weight excluding hydrogens is 274 g/mol. The van der Waals surface area contributed by atoms with Crippen LogP contribution < -0.4 is 0 Å². The zero-order chi connectivity index (χ0) is 14.3. The van der Waals surface area contributed by atoms with E-state index in [0.29, 0.717) is 0 Å². The minimum atomic E-state index is 1.11. The fourth-order valence-electron chi connectivity index (χ4n) is 2.00. The van der Waals surface area contributed by atoms with E-state index in [9.17, 15) is 0 Å². The highest BCUT2D eigenvalue weighted by atomic mass is 32.2. The normalized spacial score (nSPS) is 11.3. The van der Waals surface area contributed by atoms with Gasteiger partial charge in [0.05, 0.1) is 0 Å². The lowest BCUT2D eigenvalue weighted by atomic mass is 10.1. The standard InChI is InChI=1S/C19H15NS/c1-3-9-17(10-4-1)19(14-16-8-7-13-20-15-16)21-18-11-5-2-6-12-18/h1-15H. The molecule has 0 saturated heterocycles. The second-order valence-corrected chi connectivity index (χ2v) is 5.69. The number of hydrogen-bond donors (Lipinski definition) is 0. The van der Waals surface area contributed by atoms with E-state index in [0.717, 1.165) is 5.56 Å². The van der Waals surface area contributed by atoms with Crippen molar-refractivity contribution in [2.45, 2.75) is 4.90 Å². The number of rotatable bonds is 4. The SMILES string of the molecule is C(=C(Sc1ccccc1)c1ccccc1)c1cccnc1. The summed E-state index contributed by atoms with van der Waals surface area (Å²) in [4.78, 5) is 6.63. The van der Waals surface area contributed by atoms with Crippen LogP contribution in [0, 0.1) is 0 Å². The topological polar surface area (TPSA) is 12.9 Å². The van der Waals surface area contributed by atoms with Gasteiger partial charge in [0, 0.05) is 22.2 Å². The van der Waals surface area contributed by atoms with Crippen molar-refractivity contribution in [3.63, 3.8) is 0 Å². The van der Waals surface area contributed by atoms with Gasteiger partial charge in [0.2, 0.25) is 0 Å². The molecule has 0 N–H and O–H groups in total. The molecular formula is C19H15NS. The molecule has 0 amide bonds. The summed E-state index contributed by atoms with van der Waals surface area (Å²) < 4.78 is 0. The molecule has 0 aliphatic carbocycles. The highest BCUT2D eigenvalue weighted by Gasteiger charge is 2.04. The van der Waals surface area contributed by atoms with Crippen LogP contribution in [0.5, 0.6) is 0 Å². The predicted octanol–water partition coefficient (Wildman–Crippen LogP) is 5.37. The monoisotopic (exact) mass is 289 g/mol. The lowest BCUT2D eigenvalue weighted by Crippen LogP contribution is -1.82. The quantitative estimate of drug-likeness (QED) is 0.599. The highest BCUT2D eigenvalue weighted by Crippen LogP contribution is 2.35. The van der Waals surface area contributed by atoms with Crippen LogP contribution in [-0.4, -0.2) is 4.98 Å². The largest absolute Gasteiger partial charge is 0.264 e. The maximum atomic E-state index is 4.18. The molecule has 2 heteroatoms. The second kappa shape index (κ2) is 6.91. The molecule has 3 aromatic rings. The Morgan fingerprint density at radius 2 is 1.52 bits per heavy atom. The molecule has 2 aromatic carbocycles. The second-order valence-electron chi connectivity index (χ2n) is 4.58. The van der Waals surface area contributed by atoms with Gasteiger partial charge in [0.25, 0.3) is 0 Å². The van der Waals surface area contributed by atoms with E-state index in [1.165, 1.54) is 15.4 Å². The number of pyridine rings is 1. The molecule has 0 atom stereocenters. The van der Waals surface area contributed by atoms with Crippen LogP contribution >= 0.6 is 11.8 Å². The maximum absolute atomic E-state index is 4.18. The average Bonchev–Trinajstić information content (AvgIpc) is 2.57. The summed E-state index contributed by atoms with van der Waals surface area (Å²) in [5, 5.41) is 0. The molecule has 1 aromatic heterocycles. The minimum Gasteiger partial charge on any atom is -0.264 e. The van der Waals surface area contributed by atoms with Crippen LogP contribution in [0.4, 0.5) is 0 Å². The van der Waals surface area contributed by atoms with E-state index >= 15 is 0 Å². The van der Waals surface area contributed by atoms with E-state index in [1.54, 1.807) is 18.0 Å². The van der Waals surface area contributed by atoms with E-state index in [-0.39, 0.29) is 0 Å². The molecule has 0 saturated carbocycles. The van der Waals surface area contributed by atoms with Crippen LogP contribution in [0.25, 0.3) is 11.0 Å². The summed E-state index contributed by atoms with van der Waals surface area (Å²) in [5.41, 5.74) is 2.33. The van der Waals surface area contributed by atoms with Crippen LogP contribution in [0.1, 0.15) is 11.1 Å². The van der Waals surface area contributed by atoms with Gasteiger partial charge in [-0.3, -0.25) is 4.98 Å². The summed E-state index contributed by atoms with van der Waals surface area (Å²) in [6, 6.07) is 24.9. The van der Waals surface area contributed by atoms with Gasteiger partial charge in [-0.1, -0.05) is 66.4 Å². The first-order valence-electron chi connectivity index (χ1n) is 6.82. The Morgan fingerprint density at radius 3 is 2.19 bits per heavy atom. The third kappa shape index (κ3) is 3.83. The first kappa shape index (κ1) is 13.7. The van der Waals surface area contributed by atoms with Crippen LogP contribution in [0.3, 0.4) is 0 Å². The third-order valence-corrected chi connectivity index (χ3v) is 4.09. The van der Waals surface area contributed by atoms with Gasteiger partial charge in [-0.2, -0.15) is 0 Å². The third-order valence-electron chi connectivity index (χ3n) is 3.01. The van der Waals surface area contributed by atoms with Gasteiger partial charge in [0.15, 0.2) is 0 Å². The van der Waals surface area contributed by atoms with Gasteiger partial charge in [-0.05, 0) is 35.4 Å². The maximum Gasteiger partial charge on any atom is 0.0340 e. The molecule has 0 radical (unpaired) electrons. The molecule has 0 bridgehead atoms. The lowest BCUT2D eigenvalue weighted by Gasteiger charge is -2.08. The van der Waals surface area contributed by atoms with Crippen LogP contribution in [0.15, 0.2) is 90.1 Å². The summed E-state index contributed by atoms with van der Waals surface area (Å²) >= 11 is 1.77. The van der Waals surface area contributed by atoms with E-state index in [4.69, 9.17) is 0 Å². The summed E-state index contributed by atoms with van der Waals surface area (Å²) in [6.07, 6.45) is 5.86. The average molecular weight is 289 g/mol. The van der Waals surface area contributed by atoms with E-state index < -0.39 is 0 Å². The molecule has 0 aliphatic rings. The fourth-order valence-corrected chi connectivity index (χ4v) is 3.00. The van der Waals surface area contributed by atoms with Crippen molar-refractivity contribution >= 4 is 22.7 Å². The summed E-state index contributed by atoms with van der Waals surface area (Å²) in [7, 11) is 0. The van der Waals surface area contributed by atoms with Gasteiger partial charge in [-0.15, -0.1) is 0 Å². The summed E-state index contributed by atoms with van der Waals surface area (Å²) in [6.45, 7) is 0. The van der Waals surface area contributed by atoms with Crippen molar-refractivity contribution in [2.24, 2.45) is 0 Å². The molecule has 3 rings (SSSR count). The van der Waals surface area contributed by atoms with Crippen molar-refractivity contribution in [2.75, 3.05) is 0 Å². The highest BCUT2D eigenvalue weighted by molar-refractivity contribution is 8.08. The first-order chi connectivity index (χ1) is 10.4. The molecule has 0 unspecified atom stereocenters. The van der Waals surface area contributed by atoms with E-state index in [1.807, 2.05) is 24.4 Å². The molecule has 102 valence electrons. The van der Waals surface area contributed by atoms with Crippen molar-refractivity contribution in [3.05, 3.63) is 96.3 Å². The van der Waals surface area contributed by atoms with Crippen molar-refractivity contribution < 1.29 is 0 Å². The van der Waals surface area contributed by atoms with Crippen LogP contribution in [0.2, 0.25) is 0 Å². The number of thioether (sulfide) groups is 1. The van der Waals surface area contributed by atoms with Crippen molar-refractivity contribution in [3.8, 4) is 0 Å². The van der Waals surface area contributed by atoms with Gasteiger partial charge in [0.1, 0.15) is 0 Å². The van der Waals surface area contributed by atoms with Gasteiger partial charge < -0.3 is 0 Å². The van der Waals surface area contributed by atoms with E-state index in [2.05, 4.69) is 65.7 Å². The van der Waals surface area contributed by atoms with Crippen molar-refractivity contribution in [1.29, 1.82) is 0 Å². The Hall–Kier alpha value is -2.32. The molecule has 21 heavy (non-hydrogen) atoms. The number of hydrogen-bond acceptors (Lipinski definition) is 2. The summed E-state index contributed by atoms with van der Waals surface area (Å²) in [5.74, 6) is 0. The Kier molecular flexibility index (Phi) is 4.49. The fraction of sp³-hybridized carbons (Fsp3) is 0. The molecule has 0 fully saturated rings. The Labute approximate surface area is 129 Å². The zero-order valence-corrected chi connectivity index (χ0v) is 12.3. The van der Waals surface area contributed by atoms with Gasteiger partial charge >= 0.3 is 0 Å². The zero-order valence-electron chi connectivity index (χ0n) is 11.5. The number of nitrogens with zero attached hydrogens (tertiary/aromatic N) is 1. The van der Waals surface area contributed by atoms with Gasteiger partial charge in [-0.25, -0.2) is 0 Å². The smallest absolute Gasteiger partial charge is 0.0340 e. The predicted molar refractivity (Wildman–Crippen MR) is 90.8 cm³/mol. The molecule has 1 heterocycles. The minimum absolute atomic E-state index is 1.11. The molecule has 0 spiro atoms. The Balaban J connectivity index is 1.97. The molecule has 0 aliphatic heterocycles. The van der Waals surface area contributed by atoms with Crippen LogP contribution in [-0.2, 0) is 0 Å².